The van der Waals surface area contributed by atoms with E-state index in [-0.39, 0.29) is 18.0 Å². The summed E-state index contributed by atoms with van der Waals surface area (Å²) >= 11 is 0. The lowest BCUT2D eigenvalue weighted by atomic mass is 10.1. The molecule has 6 nitrogen and oxygen atoms in total. The van der Waals surface area contributed by atoms with Crippen LogP contribution in [-0.4, -0.2) is 47.6 Å². The van der Waals surface area contributed by atoms with E-state index < -0.39 is 17.5 Å². The third-order valence-corrected chi connectivity index (χ3v) is 3.57. The topological polar surface area (TPSA) is 65.4 Å². The minimum atomic E-state index is -2.02. The van der Waals surface area contributed by atoms with Crippen molar-refractivity contribution in [3.8, 4) is 0 Å². The van der Waals surface area contributed by atoms with Gasteiger partial charge in [0.2, 0.25) is 0 Å². The molecule has 23 heavy (non-hydrogen) atoms. The maximum Gasteiger partial charge on any atom is 0.305 e. The average Bonchev–Trinajstić information content (AvgIpc) is 2.79. The zero-order valence-electron chi connectivity index (χ0n) is 13.0. The van der Waals surface area contributed by atoms with Crippen molar-refractivity contribution < 1.29 is 23.4 Å². The molecule has 0 aliphatic carbocycles. The fraction of sp³-hybridized carbons (Fsp3) is 0.467. The molecule has 126 valence electrons. The molecule has 1 atom stereocenters. The second-order valence-electron chi connectivity index (χ2n) is 5.10. The Balaban J connectivity index is 2.03. The predicted molar refractivity (Wildman–Crippen MR) is 79.1 cm³/mol. The number of aliphatic hydroxyl groups is 1. The van der Waals surface area contributed by atoms with Crippen LogP contribution in [0, 0.1) is 11.6 Å². The van der Waals surface area contributed by atoms with Crippen molar-refractivity contribution in [2.75, 3.05) is 20.2 Å². The second kappa shape index (κ2) is 7.01. The van der Waals surface area contributed by atoms with E-state index >= 15 is 0 Å². The molecule has 0 bridgehead atoms. The van der Waals surface area contributed by atoms with E-state index in [4.69, 9.17) is 4.74 Å². The van der Waals surface area contributed by atoms with E-state index in [9.17, 15) is 18.7 Å². The number of rotatable bonds is 6. The second-order valence-corrected chi connectivity index (χ2v) is 5.10. The molecular weight excluding hydrogens is 308 g/mol. The van der Waals surface area contributed by atoms with Gasteiger partial charge in [0.1, 0.15) is 18.0 Å². The molecule has 0 fully saturated rings. The standard InChI is InChI=1S/C15H19F2N3O3/c1-3-23-14(21)5-4-8-20-10-18-15(22,19(20)2)12-9-11(16)6-7-13(12)17/h6-7,9-10,22H,3-5,8H2,1-2H3. The van der Waals surface area contributed by atoms with Crippen molar-refractivity contribution in [3.63, 3.8) is 0 Å². The van der Waals surface area contributed by atoms with Crippen molar-refractivity contribution in [3.05, 3.63) is 35.4 Å². The third kappa shape index (κ3) is 3.65. The minimum absolute atomic E-state index is 0.221. The fourth-order valence-electron chi connectivity index (χ4n) is 2.31. The highest BCUT2D eigenvalue weighted by Crippen LogP contribution is 2.33. The summed E-state index contributed by atoms with van der Waals surface area (Å²) in [4.78, 5) is 15.2. The third-order valence-electron chi connectivity index (χ3n) is 3.57. The summed E-state index contributed by atoms with van der Waals surface area (Å²) < 4.78 is 32.1. The first-order valence-corrected chi connectivity index (χ1v) is 7.27. The van der Waals surface area contributed by atoms with Crippen molar-refractivity contribution in [1.82, 2.24) is 10.0 Å². The Morgan fingerprint density at radius 1 is 1.43 bits per heavy atom. The van der Waals surface area contributed by atoms with Gasteiger partial charge in [0, 0.05) is 20.0 Å². The van der Waals surface area contributed by atoms with Gasteiger partial charge in [-0.3, -0.25) is 9.80 Å². The molecule has 8 heteroatoms. The number of carbonyl (C=O) groups is 1. The summed E-state index contributed by atoms with van der Waals surface area (Å²) in [7, 11) is 1.50. The average molecular weight is 327 g/mol. The van der Waals surface area contributed by atoms with Crippen LogP contribution >= 0.6 is 0 Å². The zero-order valence-corrected chi connectivity index (χ0v) is 13.0. The van der Waals surface area contributed by atoms with Gasteiger partial charge in [-0.15, -0.1) is 0 Å². The molecule has 1 N–H and O–H groups in total. The summed E-state index contributed by atoms with van der Waals surface area (Å²) in [5.41, 5.74) is -0.274. The fourth-order valence-corrected chi connectivity index (χ4v) is 2.31. The molecule has 0 spiro atoms. The molecule has 0 amide bonds. The van der Waals surface area contributed by atoms with Gasteiger partial charge in [0.05, 0.1) is 12.2 Å². The number of nitrogens with zero attached hydrogens (tertiary/aromatic N) is 3. The number of hydrogen-bond donors (Lipinski definition) is 1. The Bertz CT molecular complexity index is 612. The summed E-state index contributed by atoms with van der Waals surface area (Å²) in [6.45, 7) is 2.42. The largest absolute Gasteiger partial charge is 0.466 e. The molecule has 0 saturated carbocycles. The zero-order chi connectivity index (χ0) is 17.0. The number of benzene rings is 1. The molecule has 1 aromatic carbocycles. The summed E-state index contributed by atoms with van der Waals surface area (Å²) in [6, 6.07) is 2.82. The lowest BCUT2D eigenvalue weighted by molar-refractivity contribution is -0.156. The van der Waals surface area contributed by atoms with E-state index in [2.05, 4.69) is 4.99 Å². The van der Waals surface area contributed by atoms with Gasteiger partial charge >= 0.3 is 5.97 Å². The first kappa shape index (κ1) is 17.3. The normalized spacial score (nSPS) is 21.0. The molecule has 1 aromatic rings. The highest BCUT2D eigenvalue weighted by atomic mass is 19.1. The van der Waals surface area contributed by atoms with Gasteiger partial charge < -0.3 is 9.84 Å². The number of esters is 1. The molecule has 0 radical (unpaired) electrons. The number of hydrazine groups is 1. The number of aliphatic imine (C=N–C) groups is 1. The van der Waals surface area contributed by atoms with Crippen molar-refractivity contribution in [2.45, 2.75) is 25.6 Å². The Morgan fingerprint density at radius 2 is 2.17 bits per heavy atom. The number of hydrogen-bond acceptors (Lipinski definition) is 6. The van der Waals surface area contributed by atoms with Gasteiger partial charge in [-0.05, 0) is 31.5 Å². The van der Waals surface area contributed by atoms with E-state index in [1.54, 1.807) is 6.92 Å². The maximum absolute atomic E-state index is 13.9. The molecular formula is C15H19F2N3O3. The Kier molecular flexibility index (Phi) is 5.27. The number of carbonyl (C=O) groups excluding carboxylic acids is 1. The number of ether oxygens (including phenoxy) is 1. The van der Waals surface area contributed by atoms with Crippen LogP contribution in [0.1, 0.15) is 25.3 Å². The summed E-state index contributed by atoms with van der Waals surface area (Å²) in [6.07, 6.45) is 2.02. The van der Waals surface area contributed by atoms with E-state index in [1.807, 2.05) is 0 Å². The first-order chi connectivity index (χ1) is 10.9. The van der Waals surface area contributed by atoms with Gasteiger partial charge in [0.25, 0.3) is 5.85 Å². The molecule has 1 unspecified atom stereocenters. The van der Waals surface area contributed by atoms with Gasteiger partial charge in [-0.1, -0.05) is 0 Å². The van der Waals surface area contributed by atoms with E-state index in [0.29, 0.717) is 19.6 Å². The molecule has 2 rings (SSSR count). The van der Waals surface area contributed by atoms with E-state index in [0.717, 1.165) is 18.2 Å². The summed E-state index contributed by atoms with van der Waals surface area (Å²) in [5, 5.41) is 13.4. The summed E-state index contributed by atoms with van der Waals surface area (Å²) in [5.74, 6) is -3.75. The lowest BCUT2D eigenvalue weighted by Gasteiger charge is -2.34. The van der Waals surface area contributed by atoms with Crippen molar-refractivity contribution in [1.29, 1.82) is 0 Å². The Hall–Kier alpha value is -2.06. The van der Waals surface area contributed by atoms with Crippen molar-refractivity contribution in [2.24, 2.45) is 4.99 Å². The maximum atomic E-state index is 13.9. The van der Waals surface area contributed by atoms with Crippen LogP contribution < -0.4 is 0 Å². The van der Waals surface area contributed by atoms with Crippen LogP contribution in [0.2, 0.25) is 0 Å². The van der Waals surface area contributed by atoms with Crippen LogP contribution in [0.4, 0.5) is 8.78 Å². The van der Waals surface area contributed by atoms with Crippen LogP contribution in [0.25, 0.3) is 0 Å². The monoisotopic (exact) mass is 327 g/mol. The predicted octanol–water partition coefficient (Wildman–Crippen LogP) is 1.60. The molecule has 1 aliphatic rings. The van der Waals surface area contributed by atoms with Crippen molar-refractivity contribution >= 4 is 12.3 Å². The molecule has 1 aliphatic heterocycles. The van der Waals surface area contributed by atoms with E-state index in [1.165, 1.54) is 23.4 Å². The van der Waals surface area contributed by atoms with Crippen LogP contribution in [0.15, 0.2) is 23.2 Å². The minimum Gasteiger partial charge on any atom is -0.466 e. The molecule has 0 aromatic heterocycles. The SMILES string of the molecule is CCOC(=O)CCCN1C=NC(O)(c2cc(F)ccc2F)N1C. The van der Waals surface area contributed by atoms with Crippen LogP contribution in [-0.2, 0) is 15.4 Å². The van der Waals surface area contributed by atoms with Gasteiger partial charge in [-0.25, -0.2) is 13.8 Å². The van der Waals surface area contributed by atoms with Crippen LogP contribution in [0.3, 0.4) is 0 Å². The molecule has 1 heterocycles. The van der Waals surface area contributed by atoms with Gasteiger partial charge in [-0.2, -0.15) is 5.01 Å². The number of halogens is 2. The van der Waals surface area contributed by atoms with Gasteiger partial charge in [0.15, 0.2) is 0 Å². The quantitative estimate of drug-likeness (QED) is 0.804. The first-order valence-electron chi connectivity index (χ1n) is 7.27. The van der Waals surface area contributed by atoms with Crippen LogP contribution in [0.5, 0.6) is 0 Å². The lowest BCUT2D eigenvalue weighted by Crippen LogP contribution is -2.47. The smallest absolute Gasteiger partial charge is 0.305 e. The molecule has 0 saturated heterocycles. The Morgan fingerprint density at radius 3 is 2.87 bits per heavy atom. The Labute approximate surface area is 132 Å². The highest BCUT2D eigenvalue weighted by molar-refractivity contribution is 5.69. The highest BCUT2D eigenvalue weighted by Gasteiger charge is 2.42.